The largest absolute Gasteiger partial charge is 0.378 e. The molecule has 0 unspecified atom stereocenters. The fourth-order valence-corrected chi connectivity index (χ4v) is 3.18. The summed E-state index contributed by atoms with van der Waals surface area (Å²) in [5.74, 6) is 0.969. The van der Waals surface area contributed by atoms with E-state index in [1.165, 1.54) is 37.8 Å². The highest BCUT2D eigenvalue weighted by molar-refractivity contribution is 14.0. The van der Waals surface area contributed by atoms with Gasteiger partial charge in [-0.3, -0.25) is 4.99 Å². The van der Waals surface area contributed by atoms with Crippen molar-refractivity contribution in [3.8, 4) is 0 Å². The number of aromatic nitrogens is 1. The van der Waals surface area contributed by atoms with Gasteiger partial charge >= 0.3 is 0 Å². The number of hydrogen-bond donors (Lipinski definition) is 1. The average Bonchev–Trinajstić information content (AvgIpc) is 2.99. The van der Waals surface area contributed by atoms with Gasteiger partial charge in [-0.2, -0.15) is 0 Å². The lowest BCUT2D eigenvalue weighted by Gasteiger charge is -2.23. The second-order valence-corrected chi connectivity index (χ2v) is 6.69. The van der Waals surface area contributed by atoms with Crippen LogP contribution in [-0.4, -0.2) is 48.3 Å². The van der Waals surface area contributed by atoms with Crippen LogP contribution in [-0.2, 0) is 18.3 Å². The van der Waals surface area contributed by atoms with Crippen LogP contribution in [0.5, 0.6) is 0 Å². The topological polar surface area (TPSA) is 41.8 Å². The molecule has 0 atom stereocenters. The molecular formula is C19H35IN4O. The Balaban J connectivity index is 0.00000312. The van der Waals surface area contributed by atoms with Gasteiger partial charge in [-0.25, -0.2) is 0 Å². The van der Waals surface area contributed by atoms with E-state index in [1.54, 1.807) is 0 Å². The molecule has 0 spiro atoms. The lowest BCUT2D eigenvalue weighted by atomic mass is 9.98. The Morgan fingerprint density at radius 1 is 1.36 bits per heavy atom. The highest BCUT2D eigenvalue weighted by atomic mass is 127. The van der Waals surface area contributed by atoms with Gasteiger partial charge in [0.15, 0.2) is 5.96 Å². The van der Waals surface area contributed by atoms with Crippen LogP contribution in [0.2, 0.25) is 0 Å². The first-order valence-corrected chi connectivity index (χ1v) is 9.42. The third-order valence-electron chi connectivity index (χ3n) is 4.62. The summed E-state index contributed by atoms with van der Waals surface area (Å²) >= 11 is 0. The van der Waals surface area contributed by atoms with Crippen molar-refractivity contribution >= 4 is 29.9 Å². The molecule has 1 aromatic heterocycles. The fraction of sp³-hybridized carbons (Fsp3) is 0.737. The standard InChI is InChI=1S/C19H34N4O.HI/c1-4-20-19(23(3)16-17-10-8-14-22(17)2)21-13-9-15-24-18-11-6-5-7-12-18;/h8,10,14,18H,4-7,9,11-13,15-16H2,1-3H3,(H,20,21);1H. The summed E-state index contributed by atoms with van der Waals surface area (Å²) in [6.07, 6.45) is 10.1. The zero-order valence-corrected chi connectivity index (χ0v) is 18.4. The third-order valence-corrected chi connectivity index (χ3v) is 4.62. The predicted molar refractivity (Wildman–Crippen MR) is 116 cm³/mol. The van der Waals surface area contributed by atoms with E-state index in [-0.39, 0.29) is 24.0 Å². The summed E-state index contributed by atoms with van der Waals surface area (Å²) in [5, 5.41) is 3.38. The molecule has 1 saturated carbocycles. The monoisotopic (exact) mass is 462 g/mol. The van der Waals surface area contributed by atoms with Crippen molar-refractivity contribution in [2.24, 2.45) is 12.0 Å². The Hall–Kier alpha value is -0.760. The Kier molecular flexibility index (Phi) is 11.2. The normalized spacial score (nSPS) is 15.7. The number of hydrogen-bond acceptors (Lipinski definition) is 2. The second kappa shape index (κ2) is 12.6. The number of nitrogens with one attached hydrogen (secondary N) is 1. The molecule has 0 saturated heterocycles. The number of rotatable bonds is 8. The van der Waals surface area contributed by atoms with Crippen molar-refractivity contribution in [2.45, 2.75) is 58.1 Å². The van der Waals surface area contributed by atoms with Crippen LogP contribution in [0.25, 0.3) is 0 Å². The maximum atomic E-state index is 5.98. The maximum absolute atomic E-state index is 5.98. The second-order valence-electron chi connectivity index (χ2n) is 6.69. The molecule has 0 bridgehead atoms. The number of ether oxygens (including phenoxy) is 1. The summed E-state index contributed by atoms with van der Waals surface area (Å²) in [7, 11) is 4.17. The minimum absolute atomic E-state index is 0. The first-order valence-electron chi connectivity index (χ1n) is 9.42. The molecule has 2 rings (SSSR count). The number of aliphatic imine (C=N–C) groups is 1. The minimum atomic E-state index is 0. The lowest BCUT2D eigenvalue weighted by Crippen LogP contribution is -2.39. The van der Waals surface area contributed by atoms with Crippen molar-refractivity contribution in [3.63, 3.8) is 0 Å². The SMILES string of the molecule is CCNC(=NCCCOC1CCCCC1)N(C)Cc1cccn1C.I. The van der Waals surface area contributed by atoms with E-state index in [4.69, 9.17) is 9.73 Å². The van der Waals surface area contributed by atoms with E-state index in [0.717, 1.165) is 38.6 Å². The molecule has 1 aromatic rings. The molecule has 1 aliphatic carbocycles. The van der Waals surface area contributed by atoms with Crippen LogP contribution < -0.4 is 5.32 Å². The Labute approximate surface area is 170 Å². The number of halogens is 1. The van der Waals surface area contributed by atoms with Gasteiger partial charge in [0.2, 0.25) is 0 Å². The molecule has 0 radical (unpaired) electrons. The summed E-state index contributed by atoms with van der Waals surface area (Å²) in [6, 6.07) is 4.23. The van der Waals surface area contributed by atoms with Gasteiger partial charge < -0.3 is 19.5 Å². The van der Waals surface area contributed by atoms with Gasteiger partial charge in [0, 0.05) is 45.7 Å². The van der Waals surface area contributed by atoms with E-state index < -0.39 is 0 Å². The lowest BCUT2D eigenvalue weighted by molar-refractivity contribution is 0.0281. The van der Waals surface area contributed by atoms with E-state index in [1.807, 2.05) is 0 Å². The van der Waals surface area contributed by atoms with Crippen molar-refractivity contribution < 1.29 is 4.74 Å². The Bertz CT molecular complexity index is 497. The van der Waals surface area contributed by atoms with Gasteiger partial charge in [0.25, 0.3) is 0 Å². The first kappa shape index (κ1) is 22.3. The van der Waals surface area contributed by atoms with Crippen LogP contribution in [0, 0.1) is 0 Å². The van der Waals surface area contributed by atoms with Gasteiger partial charge in [-0.05, 0) is 38.3 Å². The fourth-order valence-electron chi connectivity index (χ4n) is 3.18. The highest BCUT2D eigenvalue weighted by Gasteiger charge is 2.13. The molecule has 144 valence electrons. The van der Waals surface area contributed by atoms with Gasteiger partial charge in [0.05, 0.1) is 12.6 Å². The molecule has 1 heterocycles. The Morgan fingerprint density at radius 2 is 2.12 bits per heavy atom. The Morgan fingerprint density at radius 3 is 2.76 bits per heavy atom. The van der Waals surface area contributed by atoms with E-state index in [2.05, 4.69) is 54.1 Å². The maximum Gasteiger partial charge on any atom is 0.194 e. The third kappa shape index (κ3) is 7.98. The molecular weight excluding hydrogens is 427 g/mol. The molecule has 25 heavy (non-hydrogen) atoms. The first-order chi connectivity index (χ1) is 11.7. The van der Waals surface area contributed by atoms with Crippen molar-refractivity contribution in [2.75, 3.05) is 26.7 Å². The van der Waals surface area contributed by atoms with Gasteiger partial charge in [-0.15, -0.1) is 24.0 Å². The molecule has 6 heteroatoms. The molecule has 0 amide bonds. The molecule has 0 aromatic carbocycles. The predicted octanol–water partition coefficient (Wildman–Crippen LogP) is 3.78. The van der Waals surface area contributed by atoms with Gasteiger partial charge in [0.1, 0.15) is 0 Å². The number of aryl methyl sites for hydroxylation is 1. The van der Waals surface area contributed by atoms with Crippen molar-refractivity contribution in [3.05, 3.63) is 24.0 Å². The zero-order chi connectivity index (χ0) is 17.2. The molecule has 1 N–H and O–H groups in total. The van der Waals surface area contributed by atoms with Crippen molar-refractivity contribution in [1.29, 1.82) is 0 Å². The quantitative estimate of drug-likeness (QED) is 0.277. The summed E-state index contributed by atoms with van der Waals surface area (Å²) < 4.78 is 8.13. The number of nitrogens with zero attached hydrogens (tertiary/aromatic N) is 3. The molecule has 1 fully saturated rings. The van der Waals surface area contributed by atoms with E-state index in [0.29, 0.717) is 6.10 Å². The summed E-state index contributed by atoms with van der Waals surface area (Å²) in [6.45, 7) is 5.49. The smallest absolute Gasteiger partial charge is 0.194 e. The molecule has 1 aliphatic rings. The molecule has 0 aliphatic heterocycles. The molecule has 5 nitrogen and oxygen atoms in total. The van der Waals surface area contributed by atoms with E-state index in [9.17, 15) is 0 Å². The van der Waals surface area contributed by atoms with Crippen LogP contribution >= 0.6 is 24.0 Å². The van der Waals surface area contributed by atoms with Crippen LogP contribution in [0.1, 0.15) is 51.1 Å². The van der Waals surface area contributed by atoms with Gasteiger partial charge in [-0.1, -0.05) is 19.3 Å². The average molecular weight is 462 g/mol. The van der Waals surface area contributed by atoms with Crippen LogP contribution in [0.15, 0.2) is 23.3 Å². The van der Waals surface area contributed by atoms with E-state index >= 15 is 0 Å². The van der Waals surface area contributed by atoms with Crippen LogP contribution in [0.3, 0.4) is 0 Å². The minimum Gasteiger partial charge on any atom is -0.378 e. The van der Waals surface area contributed by atoms with Crippen LogP contribution in [0.4, 0.5) is 0 Å². The summed E-state index contributed by atoms with van der Waals surface area (Å²) in [4.78, 5) is 6.93. The number of guanidine groups is 1. The summed E-state index contributed by atoms with van der Waals surface area (Å²) in [5.41, 5.74) is 1.28. The van der Waals surface area contributed by atoms with Crippen molar-refractivity contribution in [1.82, 2.24) is 14.8 Å². The highest BCUT2D eigenvalue weighted by Crippen LogP contribution is 2.20. The zero-order valence-electron chi connectivity index (χ0n) is 16.0.